The molecule has 3 aromatic carbocycles. The zero-order valence-corrected chi connectivity index (χ0v) is 38.0. The number of alkyl halides is 1. The molecule has 0 aliphatic carbocycles. The number of benzene rings is 3. The number of nitrogens with two attached hydrogens (primary N) is 1. The van der Waals surface area contributed by atoms with Gasteiger partial charge in [-0.1, -0.05) is 75.9 Å². The van der Waals surface area contributed by atoms with Crippen LogP contribution in [0.5, 0.6) is 17.2 Å². The van der Waals surface area contributed by atoms with Gasteiger partial charge in [-0.3, -0.25) is 25.0 Å². The molecule has 21 heteroatoms. The number of aliphatic hydroxyl groups excluding tert-OH is 1. The van der Waals surface area contributed by atoms with Gasteiger partial charge in [0, 0.05) is 19.4 Å². The number of nitriles is 1. The Morgan fingerprint density at radius 2 is 1.20 bits per heavy atom. The Morgan fingerprint density at radius 1 is 0.878 bits per heavy atom. The van der Waals surface area contributed by atoms with Crippen molar-refractivity contribution in [3.8, 4) is 23.3 Å². The number of hydrogen-bond donors (Lipinski definition) is 3. The number of carbonyl (C=O) groups excluding carboxylic acids is 1. The summed E-state index contributed by atoms with van der Waals surface area (Å²) < 4.78 is 10.3. The van der Waals surface area contributed by atoms with E-state index >= 15 is 0 Å². The third-order valence-corrected chi connectivity index (χ3v) is 4.87. The number of nitro groups is 2. The number of nitrogens with zero attached hydrogens (tertiary/aromatic N) is 3. The van der Waals surface area contributed by atoms with Crippen molar-refractivity contribution >= 4 is 74.3 Å². The van der Waals surface area contributed by atoms with E-state index in [-0.39, 0.29) is 132 Å². The molecule has 3 rings (SSSR count). The molecule has 0 aliphatic rings. The fourth-order valence-corrected chi connectivity index (χ4v) is 3.07. The van der Waals surface area contributed by atoms with Crippen LogP contribution in [0.3, 0.4) is 0 Å². The molecule has 0 saturated heterocycles. The number of para-hydroxylation sites is 3. The largest absolute Gasteiger partial charge is 1.00 e. The Balaban J connectivity index is -0.0000000934. The van der Waals surface area contributed by atoms with Crippen LogP contribution < -0.4 is 123 Å². The first kappa shape index (κ1) is 60.3. The number of anilines is 1. The fourth-order valence-electron chi connectivity index (χ4n) is 2.43. The molecular formula is C28H36BrCl3K2N4O11. The van der Waals surface area contributed by atoms with Gasteiger partial charge in [0.25, 0.3) is 6.47 Å². The van der Waals surface area contributed by atoms with Crippen LogP contribution in [0.1, 0.15) is 29.1 Å². The van der Waals surface area contributed by atoms with E-state index in [9.17, 15) is 20.2 Å². The molecule has 0 unspecified atom stereocenters. The molecule has 264 valence electrons. The van der Waals surface area contributed by atoms with Gasteiger partial charge in [0.05, 0.1) is 39.8 Å². The van der Waals surface area contributed by atoms with Crippen molar-refractivity contribution in [3.63, 3.8) is 0 Å². The molecule has 0 aliphatic heterocycles. The predicted octanol–water partition coefficient (Wildman–Crippen LogP) is 1.02. The standard InChI is InChI=1S/C8H8ClNO3.C8H10ClNO.C6H4ClNO3.C2H5Br.C2H3N.CH2O3.CH4O.2K.H/c1-2-13-7-5-3-4-6(9)8(7)10(11)12;1-2-11-7-5-3-4-6(9)8(7)10;7-4-2-1-3-5(9)6(4)8(10)11;2*1-2-3;2-1-4-3;1-2;;;/h3-5H,2H2,1H3;3-5H,2,10H2,1H3;1-3,9H;2H2,1H3;1H3;1,3H;2H,1H3;;;/q;;;;;;;2*+1;-1/p-1. The van der Waals surface area contributed by atoms with Crippen LogP contribution >= 0.6 is 50.7 Å². The number of phenolic OH excluding ortho intramolecular Hbond substituents is 1. The first-order valence-corrected chi connectivity index (χ1v) is 14.9. The van der Waals surface area contributed by atoms with Crippen molar-refractivity contribution in [3.05, 3.63) is 89.9 Å². The minimum Gasteiger partial charge on any atom is -1.00 e. The first-order chi connectivity index (χ1) is 22.3. The predicted molar refractivity (Wildman–Crippen MR) is 183 cm³/mol. The third-order valence-electron chi connectivity index (χ3n) is 3.93. The van der Waals surface area contributed by atoms with Crippen molar-refractivity contribution in [1.29, 1.82) is 5.26 Å². The summed E-state index contributed by atoms with van der Waals surface area (Å²) in [6.07, 6.45) is 0. The topological polar surface area (TPSA) is 244 Å². The third kappa shape index (κ3) is 30.5. The molecule has 0 amide bonds. The number of ether oxygens (including phenoxy) is 2. The normalized spacial score (nSPS) is 7.96. The van der Waals surface area contributed by atoms with Crippen molar-refractivity contribution < 1.29 is 149 Å². The number of carbonyl (C=O) groups is 1. The summed E-state index contributed by atoms with van der Waals surface area (Å²) in [6.45, 7) is 7.93. The van der Waals surface area contributed by atoms with Crippen molar-refractivity contribution in [2.45, 2.75) is 27.7 Å². The van der Waals surface area contributed by atoms with Crippen LogP contribution in [0.25, 0.3) is 0 Å². The fraction of sp³-hybridized carbons (Fsp3) is 0.286. The van der Waals surface area contributed by atoms with Gasteiger partial charge in [0.2, 0.25) is 0 Å². The van der Waals surface area contributed by atoms with Gasteiger partial charge in [-0.15, -0.1) is 0 Å². The number of rotatable bonds is 7. The number of aliphatic hydroxyl groups is 1. The zero-order valence-electron chi connectivity index (χ0n) is 28.9. The SMILES string of the molecule is CC#N.CCBr.CCOc1cccc(Cl)c1N.CCOc1cccc(Cl)c1[N+](=O)[O-].CO.O=CO[O-].O=[N+]([O-])c1c(O)cccc1Cl.[H-].[K+].[K+]. The number of phenols is 1. The molecule has 3 aromatic rings. The van der Waals surface area contributed by atoms with E-state index in [0.29, 0.717) is 29.7 Å². The Morgan fingerprint density at radius 3 is 1.53 bits per heavy atom. The van der Waals surface area contributed by atoms with Gasteiger partial charge >= 0.3 is 114 Å². The van der Waals surface area contributed by atoms with Gasteiger partial charge in [0.15, 0.2) is 11.5 Å². The summed E-state index contributed by atoms with van der Waals surface area (Å²) in [5.41, 5.74) is 5.50. The van der Waals surface area contributed by atoms with Crippen LogP contribution in [0, 0.1) is 31.6 Å². The number of hydrogen-bond acceptors (Lipinski definition) is 13. The van der Waals surface area contributed by atoms with Crippen molar-refractivity contribution in [2.24, 2.45) is 0 Å². The van der Waals surface area contributed by atoms with Gasteiger partial charge in [-0.2, -0.15) is 5.26 Å². The van der Waals surface area contributed by atoms with Crippen LogP contribution in [-0.2, 0) is 9.68 Å². The van der Waals surface area contributed by atoms with Crippen molar-refractivity contribution in [2.75, 3.05) is 31.4 Å². The molecule has 0 radical (unpaired) electrons. The number of aromatic hydroxyl groups is 1. The average molecular weight is 869 g/mol. The van der Waals surface area contributed by atoms with Gasteiger partial charge < -0.3 is 37.0 Å². The van der Waals surface area contributed by atoms with Crippen molar-refractivity contribution in [1.82, 2.24) is 0 Å². The zero-order chi connectivity index (χ0) is 37.4. The number of nitro benzene ring substituents is 2. The molecular weight excluding hydrogens is 833 g/mol. The molecule has 0 fully saturated rings. The van der Waals surface area contributed by atoms with Gasteiger partial charge in [0.1, 0.15) is 15.8 Å². The maximum atomic E-state index is 10.6. The maximum Gasteiger partial charge on any atom is 1.00 e. The second kappa shape index (κ2) is 41.6. The molecule has 0 bridgehead atoms. The summed E-state index contributed by atoms with van der Waals surface area (Å²) in [5, 5.41) is 54.1. The Labute approximate surface area is 394 Å². The Bertz CT molecular complexity index is 1350. The second-order valence-corrected chi connectivity index (χ2v) is 9.25. The van der Waals surface area contributed by atoms with Gasteiger partial charge in [-0.05, 0) is 50.2 Å². The van der Waals surface area contributed by atoms with Crippen LogP contribution in [0.15, 0.2) is 54.6 Å². The first-order valence-electron chi connectivity index (χ1n) is 12.7. The minimum atomic E-state index is -0.725. The maximum absolute atomic E-state index is 10.6. The summed E-state index contributed by atoms with van der Waals surface area (Å²) in [5.74, 6) is 0.447. The van der Waals surface area contributed by atoms with E-state index in [4.69, 9.17) is 75.5 Å². The molecule has 4 N–H and O–H groups in total. The molecule has 0 spiro atoms. The molecule has 0 heterocycles. The Hall–Kier alpha value is -0.837. The van der Waals surface area contributed by atoms with E-state index < -0.39 is 21.3 Å². The summed E-state index contributed by atoms with van der Waals surface area (Å²) in [7, 11) is 1.00. The smallest absolute Gasteiger partial charge is 1.00 e. The van der Waals surface area contributed by atoms with E-state index in [2.05, 4.69) is 20.8 Å². The second-order valence-electron chi connectivity index (χ2n) is 6.91. The van der Waals surface area contributed by atoms with E-state index in [0.717, 1.165) is 12.4 Å². The van der Waals surface area contributed by atoms with Crippen LogP contribution in [0.4, 0.5) is 17.1 Å². The van der Waals surface area contributed by atoms with Gasteiger partial charge in [-0.25, -0.2) is 0 Å². The monoisotopic (exact) mass is 866 g/mol. The van der Waals surface area contributed by atoms with E-state index in [1.807, 2.05) is 19.9 Å². The van der Waals surface area contributed by atoms with E-state index in [1.165, 1.54) is 37.3 Å². The van der Waals surface area contributed by atoms with Crippen LogP contribution in [-0.4, -0.2) is 52.2 Å². The minimum absolute atomic E-state index is 0. The molecule has 49 heavy (non-hydrogen) atoms. The molecule has 0 saturated carbocycles. The summed E-state index contributed by atoms with van der Waals surface area (Å²) >= 11 is 20.0. The summed E-state index contributed by atoms with van der Waals surface area (Å²) in [4.78, 5) is 30.7. The molecule has 15 nitrogen and oxygen atoms in total. The molecule has 0 atom stereocenters. The van der Waals surface area contributed by atoms with E-state index in [1.54, 1.807) is 31.2 Å². The molecule has 0 aromatic heterocycles. The summed E-state index contributed by atoms with van der Waals surface area (Å²) in [6, 6.07) is 15.7. The number of nitrogen functional groups attached to an aromatic ring is 1. The quantitative estimate of drug-likeness (QED) is 0.0572. The number of halogens is 4. The Kier molecular flexibility index (Phi) is 51.1. The average Bonchev–Trinajstić information content (AvgIpc) is 3.02. The van der Waals surface area contributed by atoms with Crippen LogP contribution in [0.2, 0.25) is 15.1 Å².